The van der Waals surface area contributed by atoms with Gasteiger partial charge in [0.15, 0.2) is 0 Å². The molecule has 98 valence electrons. The van der Waals surface area contributed by atoms with E-state index in [2.05, 4.69) is 10.3 Å². The number of benzene rings is 1. The van der Waals surface area contributed by atoms with Crippen LogP contribution in [0.15, 0.2) is 34.0 Å². The van der Waals surface area contributed by atoms with Crippen molar-refractivity contribution < 1.29 is 4.79 Å². The van der Waals surface area contributed by atoms with Gasteiger partial charge in [-0.25, -0.2) is 4.79 Å². The first-order chi connectivity index (χ1) is 8.97. The molecule has 2 rings (SSSR count). The van der Waals surface area contributed by atoms with Crippen molar-refractivity contribution in [2.75, 3.05) is 5.32 Å². The zero-order valence-electron chi connectivity index (χ0n) is 9.91. The van der Waals surface area contributed by atoms with E-state index in [0.29, 0.717) is 10.7 Å². The smallest absolute Gasteiger partial charge is 0.322 e. The van der Waals surface area contributed by atoms with Gasteiger partial charge in [0.2, 0.25) is 0 Å². The van der Waals surface area contributed by atoms with E-state index in [1.54, 1.807) is 18.2 Å². The molecular formula is C12H10ClN3O3. The van der Waals surface area contributed by atoms with Gasteiger partial charge in [-0.2, -0.15) is 0 Å². The summed E-state index contributed by atoms with van der Waals surface area (Å²) in [6.45, 7) is 1.83. The van der Waals surface area contributed by atoms with E-state index in [0.717, 1.165) is 11.8 Å². The third kappa shape index (κ3) is 2.92. The maximum absolute atomic E-state index is 11.8. The normalized spacial score (nSPS) is 10.2. The Hall–Kier alpha value is -2.34. The molecule has 0 saturated carbocycles. The van der Waals surface area contributed by atoms with Crippen molar-refractivity contribution in [3.05, 3.63) is 61.4 Å². The van der Waals surface area contributed by atoms with Gasteiger partial charge < -0.3 is 10.3 Å². The quantitative estimate of drug-likeness (QED) is 0.773. The molecule has 0 aliphatic carbocycles. The van der Waals surface area contributed by atoms with Crippen molar-refractivity contribution in [1.29, 1.82) is 0 Å². The van der Waals surface area contributed by atoms with Crippen LogP contribution in [0.4, 0.5) is 5.69 Å². The average Bonchev–Trinajstić information content (AvgIpc) is 2.33. The zero-order valence-corrected chi connectivity index (χ0v) is 10.7. The summed E-state index contributed by atoms with van der Waals surface area (Å²) < 4.78 is 0. The number of halogens is 1. The summed E-state index contributed by atoms with van der Waals surface area (Å²) in [7, 11) is 0. The largest absolute Gasteiger partial charge is 0.325 e. The van der Waals surface area contributed by atoms with Crippen molar-refractivity contribution in [2.24, 2.45) is 0 Å². The van der Waals surface area contributed by atoms with Crippen molar-refractivity contribution in [1.82, 2.24) is 9.97 Å². The van der Waals surface area contributed by atoms with Crippen LogP contribution in [0.25, 0.3) is 0 Å². The third-order valence-electron chi connectivity index (χ3n) is 2.49. The van der Waals surface area contributed by atoms with E-state index in [1.165, 1.54) is 0 Å². The maximum atomic E-state index is 11.8. The molecule has 1 aromatic heterocycles. The Bertz CT molecular complexity index is 748. The summed E-state index contributed by atoms with van der Waals surface area (Å²) in [6.07, 6.45) is 1.06. The summed E-state index contributed by atoms with van der Waals surface area (Å²) >= 11 is 5.93. The molecule has 1 heterocycles. The summed E-state index contributed by atoms with van der Waals surface area (Å²) in [5.74, 6) is -0.627. The lowest BCUT2D eigenvalue weighted by molar-refractivity contribution is 0.102. The second-order valence-corrected chi connectivity index (χ2v) is 4.31. The second kappa shape index (κ2) is 5.11. The maximum Gasteiger partial charge on any atom is 0.325 e. The van der Waals surface area contributed by atoms with E-state index in [9.17, 15) is 14.4 Å². The van der Waals surface area contributed by atoms with Crippen LogP contribution in [0, 0.1) is 6.92 Å². The van der Waals surface area contributed by atoms with Gasteiger partial charge in [-0.1, -0.05) is 17.7 Å². The van der Waals surface area contributed by atoms with Crippen molar-refractivity contribution in [3.63, 3.8) is 0 Å². The number of nitrogens with one attached hydrogen (secondary N) is 3. The monoisotopic (exact) mass is 279 g/mol. The van der Waals surface area contributed by atoms with E-state index < -0.39 is 17.2 Å². The van der Waals surface area contributed by atoms with Gasteiger partial charge in [0.1, 0.15) is 5.56 Å². The number of hydrogen-bond acceptors (Lipinski definition) is 3. The standard InChI is InChI=1S/C12H10ClN3O3/c1-6-2-3-7(4-9(6)13)15-10(17)8-5-14-12(19)16-11(8)18/h2-5H,1H3,(H,15,17)(H2,14,16,18,19). The van der Waals surface area contributed by atoms with Crippen LogP contribution in [0.2, 0.25) is 5.02 Å². The SMILES string of the molecule is Cc1ccc(NC(=O)c2c[nH]c(=O)[nH]c2=O)cc1Cl. The molecule has 0 atom stereocenters. The average molecular weight is 280 g/mol. The molecule has 7 heteroatoms. The first-order valence-electron chi connectivity index (χ1n) is 5.37. The van der Waals surface area contributed by atoms with Crippen LogP contribution in [0.3, 0.4) is 0 Å². The highest BCUT2D eigenvalue weighted by molar-refractivity contribution is 6.31. The summed E-state index contributed by atoms with van der Waals surface area (Å²) in [5.41, 5.74) is -0.261. The number of amides is 1. The number of aryl methyl sites for hydroxylation is 1. The van der Waals surface area contributed by atoms with Gasteiger partial charge >= 0.3 is 5.69 Å². The van der Waals surface area contributed by atoms with E-state index in [4.69, 9.17) is 11.6 Å². The van der Waals surface area contributed by atoms with Gasteiger partial charge in [0.05, 0.1) is 0 Å². The molecule has 3 N–H and O–H groups in total. The molecule has 0 unspecified atom stereocenters. The Balaban J connectivity index is 2.28. The van der Waals surface area contributed by atoms with Gasteiger partial charge in [-0.15, -0.1) is 0 Å². The molecule has 0 radical (unpaired) electrons. The minimum Gasteiger partial charge on any atom is -0.322 e. The lowest BCUT2D eigenvalue weighted by Gasteiger charge is -2.06. The molecule has 2 aromatic rings. The lowest BCUT2D eigenvalue weighted by atomic mass is 10.2. The first kappa shape index (κ1) is 13.1. The third-order valence-corrected chi connectivity index (χ3v) is 2.90. The van der Waals surface area contributed by atoms with E-state index in [1.807, 2.05) is 11.9 Å². The molecule has 0 fully saturated rings. The fourth-order valence-electron chi connectivity index (χ4n) is 1.45. The molecule has 1 aromatic carbocycles. The van der Waals surface area contributed by atoms with Gasteiger partial charge in [0, 0.05) is 16.9 Å². The van der Waals surface area contributed by atoms with Crippen LogP contribution in [-0.4, -0.2) is 15.9 Å². The van der Waals surface area contributed by atoms with Crippen LogP contribution >= 0.6 is 11.6 Å². The second-order valence-electron chi connectivity index (χ2n) is 3.90. The Kier molecular flexibility index (Phi) is 3.52. The number of rotatable bonds is 2. The first-order valence-corrected chi connectivity index (χ1v) is 5.74. The minimum absolute atomic E-state index is 0.184. The topological polar surface area (TPSA) is 94.8 Å². The molecule has 0 spiro atoms. The highest BCUT2D eigenvalue weighted by Crippen LogP contribution is 2.20. The van der Waals surface area contributed by atoms with Crippen LogP contribution < -0.4 is 16.6 Å². The molecule has 19 heavy (non-hydrogen) atoms. The van der Waals surface area contributed by atoms with Crippen LogP contribution in [-0.2, 0) is 0 Å². The Morgan fingerprint density at radius 3 is 2.68 bits per heavy atom. The number of H-pyrrole nitrogens is 2. The van der Waals surface area contributed by atoms with Gasteiger partial charge in [-0.05, 0) is 24.6 Å². The number of carbonyl (C=O) groups excluding carboxylic acids is 1. The highest BCUT2D eigenvalue weighted by Gasteiger charge is 2.11. The number of aromatic nitrogens is 2. The fourth-order valence-corrected chi connectivity index (χ4v) is 1.63. The Morgan fingerprint density at radius 2 is 2.05 bits per heavy atom. The van der Waals surface area contributed by atoms with Crippen LogP contribution in [0.5, 0.6) is 0 Å². The van der Waals surface area contributed by atoms with Crippen molar-refractivity contribution in [2.45, 2.75) is 6.92 Å². The number of carbonyl (C=O) groups is 1. The summed E-state index contributed by atoms with van der Waals surface area (Å²) in [6, 6.07) is 4.99. The zero-order chi connectivity index (χ0) is 14.0. The summed E-state index contributed by atoms with van der Waals surface area (Å²) in [4.78, 5) is 38.3. The molecule has 0 bridgehead atoms. The Labute approximate surface area is 112 Å². The van der Waals surface area contributed by atoms with Crippen molar-refractivity contribution >= 4 is 23.2 Å². The molecule has 0 aliphatic rings. The van der Waals surface area contributed by atoms with Gasteiger partial charge in [-0.3, -0.25) is 14.6 Å². The molecule has 6 nitrogen and oxygen atoms in total. The number of aromatic amines is 2. The number of hydrogen-bond donors (Lipinski definition) is 3. The summed E-state index contributed by atoms with van der Waals surface area (Å²) in [5, 5.41) is 3.03. The minimum atomic E-state index is -0.751. The molecule has 0 saturated heterocycles. The Morgan fingerprint density at radius 1 is 1.32 bits per heavy atom. The van der Waals surface area contributed by atoms with Crippen molar-refractivity contribution in [3.8, 4) is 0 Å². The highest BCUT2D eigenvalue weighted by atomic mass is 35.5. The molecular weight excluding hydrogens is 270 g/mol. The number of anilines is 1. The fraction of sp³-hybridized carbons (Fsp3) is 0.0833. The van der Waals surface area contributed by atoms with E-state index >= 15 is 0 Å². The predicted octanol–water partition coefficient (Wildman–Crippen LogP) is 1.28. The van der Waals surface area contributed by atoms with E-state index in [-0.39, 0.29) is 5.56 Å². The van der Waals surface area contributed by atoms with Crippen LogP contribution in [0.1, 0.15) is 15.9 Å². The van der Waals surface area contributed by atoms with Gasteiger partial charge in [0.25, 0.3) is 11.5 Å². The molecule has 0 aliphatic heterocycles. The lowest BCUT2D eigenvalue weighted by Crippen LogP contribution is -2.29. The molecule has 1 amide bonds. The predicted molar refractivity (Wildman–Crippen MR) is 71.8 cm³/mol.